The lowest BCUT2D eigenvalue weighted by Crippen LogP contribution is -2.44. The van der Waals surface area contributed by atoms with Gasteiger partial charge in [-0.05, 0) is 17.7 Å². The summed E-state index contributed by atoms with van der Waals surface area (Å²) < 4.78 is 14.2. The fourth-order valence-corrected chi connectivity index (χ4v) is 1.80. The molecule has 0 saturated heterocycles. The molecule has 1 unspecified atom stereocenters. The molecule has 1 amide bonds. The average Bonchev–Trinajstić information content (AvgIpc) is 2.55. The number of hydrogen-bond donors (Lipinski definition) is 2. The summed E-state index contributed by atoms with van der Waals surface area (Å²) >= 11 is 0. The minimum Gasteiger partial charge on any atom is -0.467 e. The molecule has 0 aromatic heterocycles. The van der Waals surface area contributed by atoms with E-state index in [1.807, 2.05) is 0 Å². The average molecular weight is 325 g/mol. The lowest BCUT2D eigenvalue weighted by molar-refractivity contribution is -0.145. The third kappa shape index (κ3) is 6.45. The third-order valence-electron chi connectivity index (χ3n) is 2.82. The molecule has 2 N–H and O–H groups in total. The van der Waals surface area contributed by atoms with Crippen LogP contribution in [-0.2, 0) is 30.3 Å². The van der Waals surface area contributed by atoms with Crippen molar-refractivity contribution in [3.05, 3.63) is 29.8 Å². The fraction of sp³-hybridized carbons (Fsp3) is 0.400. The summed E-state index contributed by atoms with van der Waals surface area (Å²) in [5.41, 5.74) is 0.724. The zero-order valence-corrected chi connectivity index (χ0v) is 12.9. The first kappa shape index (κ1) is 18.6. The Labute approximate surface area is 133 Å². The standard InChI is InChI=1S/C15H19NO7/c1-21-9-13(18)16-12(15(20)22-2)7-10-3-5-11(6-4-10)23-14(19)8-17/h3-6,12,17H,7-9H2,1-2H3,(H,16,18). The van der Waals surface area contributed by atoms with Crippen LogP contribution in [0.1, 0.15) is 5.56 Å². The maximum Gasteiger partial charge on any atom is 0.337 e. The number of amides is 1. The van der Waals surface area contributed by atoms with Gasteiger partial charge in [-0.3, -0.25) is 4.79 Å². The number of methoxy groups -OCH3 is 2. The van der Waals surface area contributed by atoms with Crippen molar-refractivity contribution in [2.75, 3.05) is 27.4 Å². The van der Waals surface area contributed by atoms with Gasteiger partial charge in [0, 0.05) is 13.5 Å². The van der Waals surface area contributed by atoms with Gasteiger partial charge in [0.15, 0.2) is 0 Å². The van der Waals surface area contributed by atoms with Crippen LogP contribution in [0.4, 0.5) is 0 Å². The Hall–Kier alpha value is -2.45. The van der Waals surface area contributed by atoms with Crippen molar-refractivity contribution in [2.24, 2.45) is 0 Å². The Morgan fingerprint density at radius 1 is 1.17 bits per heavy atom. The molecule has 8 heteroatoms. The van der Waals surface area contributed by atoms with Gasteiger partial charge < -0.3 is 24.6 Å². The highest BCUT2D eigenvalue weighted by atomic mass is 16.5. The zero-order chi connectivity index (χ0) is 17.2. The molecule has 0 radical (unpaired) electrons. The molecule has 0 aliphatic rings. The fourth-order valence-electron chi connectivity index (χ4n) is 1.80. The SMILES string of the molecule is COCC(=O)NC(Cc1ccc(OC(=O)CO)cc1)C(=O)OC. The summed E-state index contributed by atoms with van der Waals surface area (Å²) in [6.45, 7) is -0.874. The first-order valence-electron chi connectivity index (χ1n) is 6.76. The number of benzene rings is 1. The molecule has 23 heavy (non-hydrogen) atoms. The maximum atomic E-state index is 11.7. The molecule has 0 aliphatic heterocycles. The van der Waals surface area contributed by atoms with Gasteiger partial charge in [0.1, 0.15) is 25.0 Å². The summed E-state index contributed by atoms with van der Waals surface area (Å²) in [5.74, 6) is -1.51. The Bertz CT molecular complexity index is 541. The summed E-state index contributed by atoms with van der Waals surface area (Å²) in [6.07, 6.45) is 0.205. The molecular formula is C15H19NO7. The normalized spacial score (nSPS) is 11.4. The van der Waals surface area contributed by atoms with Crippen LogP contribution in [0.3, 0.4) is 0 Å². The van der Waals surface area contributed by atoms with Crippen LogP contribution in [0, 0.1) is 0 Å². The number of carbonyl (C=O) groups is 3. The minimum atomic E-state index is -0.853. The van der Waals surface area contributed by atoms with E-state index in [0.717, 1.165) is 5.56 Å². The predicted octanol–water partition coefficient (Wildman–Crippen LogP) is -0.569. The summed E-state index contributed by atoms with van der Waals surface area (Å²) in [4.78, 5) is 34.2. The highest BCUT2D eigenvalue weighted by Crippen LogP contribution is 2.14. The predicted molar refractivity (Wildman–Crippen MR) is 78.7 cm³/mol. The monoisotopic (exact) mass is 325 g/mol. The molecule has 0 bridgehead atoms. The third-order valence-corrected chi connectivity index (χ3v) is 2.82. The topological polar surface area (TPSA) is 111 Å². The highest BCUT2D eigenvalue weighted by molar-refractivity contribution is 5.85. The smallest absolute Gasteiger partial charge is 0.337 e. The van der Waals surface area contributed by atoms with Gasteiger partial charge in [0.25, 0.3) is 0 Å². The lowest BCUT2D eigenvalue weighted by atomic mass is 10.1. The quantitative estimate of drug-likeness (QED) is 0.486. The van der Waals surface area contributed by atoms with E-state index in [2.05, 4.69) is 10.1 Å². The van der Waals surface area contributed by atoms with Crippen LogP contribution in [-0.4, -0.2) is 56.4 Å². The Kier molecular flexibility index (Phi) is 7.72. The van der Waals surface area contributed by atoms with E-state index in [4.69, 9.17) is 14.6 Å². The first-order valence-corrected chi connectivity index (χ1v) is 6.76. The molecule has 126 valence electrons. The van der Waals surface area contributed by atoms with Gasteiger partial charge in [0.05, 0.1) is 7.11 Å². The molecule has 0 fully saturated rings. The number of aliphatic hydroxyl groups excluding tert-OH is 1. The van der Waals surface area contributed by atoms with E-state index in [1.54, 1.807) is 12.1 Å². The molecule has 1 rings (SSSR count). The molecule has 0 heterocycles. The molecule has 0 saturated carbocycles. The van der Waals surface area contributed by atoms with Crippen molar-refractivity contribution in [3.8, 4) is 5.75 Å². The van der Waals surface area contributed by atoms with Crippen molar-refractivity contribution >= 4 is 17.8 Å². The van der Waals surface area contributed by atoms with Gasteiger partial charge in [-0.1, -0.05) is 12.1 Å². The largest absolute Gasteiger partial charge is 0.467 e. The van der Waals surface area contributed by atoms with Crippen LogP contribution in [0.5, 0.6) is 5.75 Å². The number of ether oxygens (including phenoxy) is 3. The number of nitrogens with one attached hydrogen (secondary N) is 1. The zero-order valence-electron chi connectivity index (χ0n) is 12.9. The molecule has 1 aromatic rings. The van der Waals surface area contributed by atoms with E-state index in [-0.39, 0.29) is 18.8 Å². The number of aliphatic hydroxyl groups is 1. The van der Waals surface area contributed by atoms with Gasteiger partial charge >= 0.3 is 11.9 Å². The van der Waals surface area contributed by atoms with Crippen LogP contribution in [0.2, 0.25) is 0 Å². The number of carbonyl (C=O) groups excluding carboxylic acids is 3. The molecule has 1 atom stereocenters. The summed E-state index contributed by atoms with van der Waals surface area (Å²) in [5, 5.41) is 11.1. The molecular weight excluding hydrogens is 306 g/mol. The molecule has 1 aromatic carbocycles. The molecule has 8 nitrogen and oxygen atoms in total. The van der Waals surface area contributed by atoms with Gasteiger partial charge in [-0.15, -0.1) is 0 Å². The van der Waals surface area contributed by atoms with E-state index >= 15 is 0 Å². The Morgan fingerprint density at radius 2 is 1.83 bits per heavy atom. The molecule has 0 spiro atoms. The number of hydrogen-bond acceptors (Lipinski definition) is 7. The highest BCUT2D eigenvalue weighted by Gasteiger charge is 2.21. The van der Waals surface area contributed by atoms with Crippen LogP contribution < -0.4 is 10.1 Å². The second-order valence-corrected chi connectivity index (χ2v) is 4.56. The van der Waals surface area contributed by atoms with E-state index < -0.39 is 30.5 Å². The van der Waals surface area contributed by atoms with Crippen molar-refractivity contribution in [3.63, 3.8) is 0 Å². The van der Waals surface area contributed by atoms with E-state index in [1.165, 1.54) is 26.4 Å². The molecule has 0 aliphatic carbocycles. The van der Waals surface area contributed by atoms with Gasteiger partial charge in [-0.2, -0.15) is 0 Å². The second-order valence-electron chi connectivity index (χ2n) is 4.56. The van der Waals surface area contributed by atoms with Crippen molar-refractivity contribution in [2.45, 2.75) is 12.5 Å². The summed E-state index contributed by atoms with van der Waals surface area (Å²) in [7, 11) is 2.61. The number of esters is 2. The number of rotatable bonds is 8. The maximum absolute atomic E-state index is 11.7. The van der Waals surface area contributed by atoms with Crippen LogP contribution in [0.15, 0.2) is 24.3 Å². The summed E-state index contributed by atoms with van der Waals surface area (Å²) in [6, 6.07) is 5.47. The van der Waals surface area contributed by atoms with E-state index in [0.29, 0.717) is 0 Å². The van der Waals surface area contributed by atoms with Crippen molar-refractivity contribution < 1.29 is 33.7 Å². The minimum absolute atomic E-state index is 0.163. The van der Waals surface area contributed by atoms with Gasteiger partial charge in [-0.25, -0.2) is 9.59 Å². The van der Waals surface area contributed by atoms with Gasteiger partial charge in [0.2, 0.25) is 5.91 Å². The first-order chi connectivity index (χ1) is 11.0. The van der Waals surface area contributed by atoms with Crippen LogP contribution in [0.25, 0.3) is 0 Å². The van der Waals surface area contributed by atoms with Crippen LogP contribution >= 0.6 is 0 Å². The Balaban J connectivity index is 2.73. The second kappa shape index (κ2) is 9.54. The van der Waals surface area contributed by atoms with Crippen molar-refractivity contribution in [1.82, 2.24) is 5.32 Å². The van der Waals surface area contributed by atoms with E-state index in [9.17, 15) is 14.4 Å². The van der Waals surface area contributed by atoms with Crippen molar-refractivity contribution in [1.29, 1.82) is 0 Å². The lowest BCUT2D eigenvalue weighted by Gasteiger charge is -2.16. The Morgan fingerprint density at radius 3 is 2.35 bits per heavy atom.